The van der Waals surface area contributed by atoms with Gasteiger partial charge in [0.15, 0.2) is 6.61 Å². The molecule has 25 heavy (non-hydrogen) atoms. The van der Waals surface area contributed by atoms with E-state index in [0.717, 1.165) is 12.8 Å². The van der Waals surface area contributed by atoms with E-state index in [1.165, 1.54) is 0 Å². The second-order valence-electron chi connectivity index (χ2n) is 6.51. The first-order valence-electron chi connectivity index (χ1n) is 8.66. The fourth-order valence-electron chi connectivity index (χ4n) is 3.17. The lowest BCUT2D eigenvalue weighted by atomic mass is 10.0. The summed E-state index contributed by atoms with van der Waals surface area (Å²) < 4.78 is 10.2. The second kappa shape index (κ2) is 8.18. The Morgan fingerprint density at radius 1 is 1.20 bits per heavy atom. The molecule has 0 unspecified atom stereocenters. The normalized spacial score (nSPS) is 17.3. The quantitative estimate of drug-likeness (QED) is 0.823. The molecule has 2 rings (SSSR count). The highest BCUT2D eigenvalue weighted by Gasteiger charge is 2.26. The fraction of sp³-hybridized carbons (Fsp3) is 0.611. The summed E-state index contributed by atoms with van der Waals surface area (Å²) in [5, 5.41) is 0. The molecule has 1 saturated heterocycles. The fourth-order valence-corrected chi connectivity index (χ4v) is 3.17. The molecule has 1 fully saturated rings. The number of nitrogens with one attached hydrogen (secondary N) is 1. The summed E-state index contributed by atoms with van der Waals surface area (Å²) >= 11 is 0. The lowest BCUT2D eigenvalue weighted by Gasteiger charge is -2.30. The number of carbonyl (C=O) groups is 3. The topological polar surface area (TPSA) is 88.7 Å². The van der Waals surface area contributed by atoms with E-state index in [9.17, 15) is 14.4 Å². The molecule has 2 heterocycles. The molecular weight excluding hydrogens is 324 g/mol. The van der Waals surface area contributed by atoms with Gasteiger partial charge in [0.05, 0.1) is 12.2 Å². The van der Waals surface area contributed by atoms with Crippen LogP contribution in [0.2, 0.25) is 0 Å². The monoisotopic (exact) mass is 350 g/mol. The predicted octanol–water partition coefficient (Wildman–Crippen LogP) is 2.22. The summed E-state index contributed by atoms with van der Waals surface area (Å²) in [4.78, 5) is 41.1. The van der Waals surface area contributed by atoms with Gasteiger partial charge in [0, 0.05) is 18.8 Å². The maximum absolute atomic E-state index is 12.4. The van der Waals surface area contributed by atoms with E-state index in [1.807, 2.05) is 0 Å². The van der Waals surface area contributed by atoms with Crippen molar-refractivity contribution in [2.24, 2.45) is 5.92 Å². The molecule has 1 amide bonds. The molecule has 1 N–H and O–H groups in total. The van der Waals surface area contributed by atoms with Crippen LogP contribution in [0.4, 0.5) is 0 Å². The molecule has 7 nitrogen and oxygen atoms in total. The predicted molar refractivity (Wildman–Crippen MR) is 91.5 cm³/mol. The number of H-pyrrole nitrogens is 1. The molecule has 7 heteroatoms. The van der Waals surface area contributed by atoms with E-state index >= 15 is 0 Å². The highest BCUT2D eigenvalue weighted by atomic mass is 16.5. The van der Waals surface area contributed by atoms with Crippen molar-refractivity contribution in [3.8, 4) is 0 Å². The van der Waals surface area contributed by atoms with E-state index in [4.69, 9.17) is 9.47 Å². The van der Waals surface area contributed by atoms with Gasteiger partial charge < -0.3 is 19.4 Å². The molecule has 1 aliphatic heterocycles. The summed E-state index contributed by atoms with van der Waals surface area (Å²) in [6, 6.07) is 0. The van der Waals surface area contributed by atoms with Crippen LogP contribution in [0.1, 0.15) is 58.8 Å². The SMILES string of the molecule is CCOC(=O)c1[nH]c(C)c(C(=O)OCC(=O)N2CCC[C@H](C)C2)c1C. The highest BCUT2D eigenvalue weighted by molar-refractivity contribution is 5.99. The number of nitrogens with zero attached hydrogens (tertiary/aromatic N) is 1. The second-order valence-corrected chi connectivity index (χ2v) is 6.51. The molecule has 0 saturated carbocycles. The van der Waals surface area contributed by atoms with Crippen molar-refractivity contribution in [3.05, 3.63) is 22.5 Å². The molecule has 1 aliphatic rings. The number of carbonyl (C=O) groups excluding carboxylic acids is 3. The first-order chi connectivity index (χ1) is 11.8. The number of rotatable bonds is 5. The number of likely N-dealkylation sites (tertiary alicyclic amines) is 1. The molecule has 0 spiro atoms. The van der Waals surface area contributed by atoms with Crippen molar-refractivity contribution in [1.29, 1.82) is 0 Å². The number of aromatic amines is 1. The van der Waals surface area contributed by atoms with Crippen molar-refractivity contribution in [2.45, 2.75) is 40.5 Å². The Hall–Kier alpha value is -2.31. The maximum Gasteiger partial charge on any atom is 0.355 e. The van der Waals surface area contributed by atoms with E-state index in [0.29, 0.717) is 30.3 Å². The molecule has 1 aromatic heterocycles. The van der Waals surface area contributed by atoms with E-state index in [2.05, 4.69) is 11.9 Å². The minimum absolute atomic E-state index is 0.184. The lowest BCUT2D eigenvalue weighted by Crippen LogP contribution is -2.41. The minimum Gasteiger partial charge on any atom is -0.461 e. The standard InChI is InChI=1S/C18H26N2O5/c1-5-24-18(23)16-12(3)15(13(4)19-16)17(22)25-10-14(21)20-8-6-7-11(2)9-20/h11,19H,5-10H2,1-4H3/t11-/m0/s1. The van der Waals surface area contributed by atoms with E-state index in [-0.39, 0.29) is 30.4 Å². The minimum atomic E-state index is -0.611. The van der Waals surface area contributed by atoms with Crippen LogP contribution in [0, 0.1) is 19.8 Å². The van der Waals surface area contributed by atoms with E-state index < -0.39 is 11.9 Å². The van der Waals surface area contributed by atoms with E-state index in [1.54, 1.807) is 25.7 Å². The summed E-state index contributed by atoms with van der Waals surface area (Å²) in [7, 11) is 0. The Bertz CT molecular complexity index is 665. The molecule has 1 atom stereocenters. The average Bonchev–Trinajstić information content (AvgIpc) is 2.87. The van der Waals surface area contributed by atoms with Gasteiger partial charge in [-0.3, -0.25) is 4.79 Å². The Balaban J connectivity index is 2.01. The zero-order valence-electron chi connectivity index (χ0n) is 15.3. The Labute approximate surface area is 147 Å². The third-order valence-corrected chi connectivity index (χ3v) is 4.46. The number of aryl methyl sites for hydroxylation is 1. The van der Waals surface area contributed by atoms with Gasteiger partial charge in [0.2, 0.25) is 0 Å². The van der Waals surface area contributed by atoms with Crippen LogP contribution in [0.5, 0.6) is 0 Å². The van der Waals surface area contributed by atoms with Crippen LogP contribution >= 0.6 is 0 Å². The molecule has 0 aromatic carbocycles. The number of aromatic nitrogens is 1. The van der Waals surface area contributed by atoms with Crippen LogP contribution in [0.25, 0.3) is 0 Å². The van der Waals surface area contributed by atoms with Crippen LogP contribution < -0.4 is 0 Å². The van der Waals surface area contributed by atoms with Gasteiger partial charge in [-0.25, -0.2) is 9.59 Å². The van der Waals surface area contributed by atoms with Gasteiger partial charge in [-0.15, -0.1) is 0 Å². The average molecular weight is 350 g/mol. The zero-order chi connectivity index (χ0) is 18.6. The number of esters is 2. The molecule has 138 valence electrons. The third-order valence-electron chi connectivity index (χ3n) is 4.46. The largest absolute Gasteiger partial charge is 0.461 e. The van der Waals surface area contributed by atoms with Crippen molar-refractivity contribution >= 4 is 17.8 Å². The van der Waals surface area contributed by atoms with Crippen LogP contribution in [-0.2, 0) is 14.3 Å². The maximum atomic E-state index is 12.4. The number of hydrogen-bond acceptors (Lipinski definition) is 5. The van der Waals surface area contributed by atoms with Crippen LogP contribution in [0.15, 0.2) is 0 Å². The van der Waals surface area contributed by atoms with Crippen LogP contribution in [0.3, 0.4) is 0 Å². The van der Waals surface area contributed by atoms with Crippen molar-refractivity contribution in [2.75, 3.05) is 26.3 Å². The Morgan fingerprint density at radius 2 is 1.92 bits per heavy atom. The molecule has 0 aliphatic carbocycles. The van der Waals surface area contributed by atoms with Gasteiger partial charge in [-0.05, 0) is 45.1 Å². The Morgan fingerprint density at radius 3 is 2.56 bits per heavy atom. The zero-order valence-corrected chi connectivity index (χ0v) is 15.3. The molecule has 1 aromatic rings. The van der Waals surface area contributed by atoms with Gasteiger partial charge in [-0.1, -0.05) is 6.92 Å². The number of hydrogen-bond donors (Lipinski definition) is 1. The molecular formula is C18H26N2O5. The smallest absolute Gasteiger partial charge is 0.355 e. The van der Waals surface area contributed by atoms with Gasteiger partial charge in [0.1, 0.15) is 5.69 Å². The summed E-state index contributed by atoms with van der Waals surface area (Å²) in [6.45, 7) is 8.52. The Kier molecular flexibility index (Phi) is 6.22. The van der Waals surface area contributed by atoms with Crippen molar-refractivity contribution < 1.29 is 23.9 Å². The summed E-state index contributed by atoms with van der Waals surface area (Å²) in [5.41, 5.74) is 1.51. The summed E-state index contributed by atoms with van der Waals surface area (Å²) in [5.74, 6) is -0.841. The number of ether oxygens (including phenoxy) is 2. The van der Waals surface area contributed by atoms with Gasteiger partial charge >= 0.3 is 11.9 Å². The van der Waals surface area contributed by atoms with Gasteiger partial charge in [0.25, 0.3) is 5.91 Å². The van der Waals surface area contributed by atoms with Crippen molar-refractivity contribution in [1.82, 2.24) is 9.88 Å². The van der Waals surface area contributed by atoms with Crippen LogP contribution in [-0.4, -0.2) is 54.0 Å². The van der Waals surface area contributed by atoms with Gasteiger partial charge in [-0.2, -0.15) is 0 Å². The number of amides is 1. The first-order valence-corrected chi connectivity index (χ1v) is 8.66. The lowest BCUT2D eigenvalue weighted by molar-refractivity contribution is -0.136. The number of piperidine rings is 1. The summed E-state index contributed by atoms with van der Waals surface area (Å²) in [6.07, 6.45) is 2.09. The molecule has 0 radical (unpaired) electrons. The first kappa shape index (κ1) is 19.0. The third kappa shape index (κ3) is 4.41. The molecule has 0 bridgehead atoms. The highest BCUT2D eigenvalue weighted by Crippen LogP contribution is 2.20. The van der Waals surface area contributed by atoms with Crippen molar-refractivity contribution in [3.63, 3.8) is 0 Å².